The molecule has 1 unspecified atom stereocenters. The van der Waals surface area contributed by atoms with Crippen LogP contribution in [0.25, 0.3) is 21.0 Å². The lowest BCUT2D eigenvalue weighted by atomic mass is 9.95. The van der Waals surface area contributed by atoms with Crippen molar-refractivity contribution in [1.82, 2.24) is 20.0 Å². The van der Waals surface area contributed by atoms with Gasteiger partial charge in [0, 0.05) is 36.9 Å². The van der Waals surface area contributed by atoms with E-state index in [-0.39, 0.29) is 29.9 Å². The molecule has 0 saturated heterocycles. The van der Waals surface area contributed by atoms with Crippen LogP contribution in [0.1, 0.15) is 19.4 Å². The van der Waals surface area contributed by atoms with E-state index in [0.29, 0.717) is 6.54 Å². The van der Waals surface area contributed by atoms with Gasteiger partial charge in [0.15, 0.2) is 0 Å². The van der Waals surface area contributed by atoms with Gasteiger partial charge in [-0.15, -0.1) is 23.7 Å². The van der Waals surface area contributed by atoms with Crippen LogP contribution in [0.3, 0.4) is 0 Å². The molecule has 2 atom stereocenters. The molecule has 0 spiro atoms. The highest BCUT2D eigenvalue weighted by atomic mass is 35.5. The van der Waals surface area contributed by atoms with Gasteiger partial charge in [0.2, 0.25) is 10.0 Å². The molecule has 10 heteroatoms. The number of pyridine rings is 1. The normalized spacial score (nSPS) is 14.7. The van der Waals surface area contributed by atoms with E-state index >= 15 is 0 Å². The van der Waals surface area contributed by atoms with Crippen molar-refractivity contribution in [2.45, 2.75) is 30.4 Å². The van der Waals surface area contributed by atoms with E-state index in [1.54, 1.807) is 67.4 Å². The van der Waals surface area contributed by atoms with Gasteiger partial charge in [-0.25, -0.2) is 18.1 Å². The van der Waals surface area contributed by atoms with Crippen LogP contribution in [0.4, 0.5) is 0 Å². The first-order chi connectivity index (χ1) is 14.7. The molecule has 0 saturated carbocycles. The number of fused-ring (bicyclic) bond motifs is 2. The van der Waals surface area contributed by atoms with Crippen molar-refractivity contribution < 1.29 is 13.5 Å². The molecule has 4 aromatic rings. The zero-order valence-corrected chi connectivity index (χ0v) is 20.1. The van der Waals surface area contributed by atoms with Gasteiger partial charge >= 0.3 is 0 Å². The molecule has 2 aromatic carbocycles. The lowest BCUT2D eigenvalue weighted by Gasteiger charge is -2.25. The van der Waals surface area contributed by atoms with Crippen LogP contribution in [-0.2, 0) is 15.6 Å². The minimum absolute atomic E-state index is 0. The highest BCUT2D eigenvalue weighted by Crippen LogP contribution is 2.26. The number of halogens is 1. The smallest absolute Gasteiger partial charge is 0.240 e. The molecule has 4 rings (SSSR count). The number of nitrogens with one attached hydrogen (secondary N) is 2. The summed E-state index contributed by atoms with van der Waals surface area (Å²) in [7, 11) is -3.67. The molecule has 3 N–H and O–H groups in total. The fourth-order valence-corrected chi connectivity index (χ4v) is 5.37. The van der Waals surface area contributed by atoms with Gasteiger partial charge in [-0.3, -0.25) is 4.98 Å². The zero-order chi connectivity index (χ0) is 22.1. The number of benzene rings is 2. The number of nitrogens with zero attached hydrogens (tertiary/aromatic N) is 2. The Kier molecular flexibility index (Phi) is 7.49. The molecule has 0 aliphatic heterocycles. The first-order valence-corrected chi connectivity index (χ1v) is 12.2. The maximum atomic E-state index is 12.8. The predicted molar refractivity (Wildman–Crippen MR) is 131 cm³/mol. The lowest BCUT2D eigenvalue weighted by Crippen LogP contribution is -2.44. The number of sulfonamides is 1. The fourth-order valence-electron chi connectivity index (χ4n) is 3.43. The quantitative estimate of drug-likeness (QED) is 0.348. The number of aromatic nitrogens is 2. The number of thiazole rings is 1. The van der Waals surface area contributed by atoms with Crippen LogP contribution >= 0.6 is 23.7 Å². The van der Waals surface area contributed by atoms with Crippen LogP contribution in [0, 0.1) is 0 Å². The Bertz CT molecular complexity index is 1330. The fraction of sp³-hybridized carbons (Fsp3) is 0.273. The molecular weight excluding hydrogens is 468 g/mol. The molecule has 0 aliphatic rings. The Labute approximate surface area is 197 Å². The monoisotopic (exact) mass is 492 g/mol. The van der Waals surface area contributed by atoms with Gasteiger partial charge in [-0.05, 0) is 55.1 Å². The third-order valence-corrected chi connectivity index (χ3v) is 7.55. The second-order valence-corrected chi connectivity index (χ2v) is 10.4. The molecule has 2 heterocycles. The molecule has 0 bridgehead atoms. The summed E-state index contributed by atoms with van der Waals surface area (Å²) in [5.74, 6) is 0. The summed E-state index contributed by atoms with van der Waals surface area (Å²) in [5, 5.41) is 15.7. The van der Waals surface area contributed by atoms with E-state index in [1.165, 1.54) is 0 Å². The second-order valence-electron chi connectivity index (χ2n) is 7.85. The van der Waals surface area contributed by atoms with Gasteiger partial charge < -0.3 is 10.4 Å². The molecule has 2 aromatic heterocycles. The number of hydrogen-bond donors (Lipinski definition) is 3. The highest BCUT2D eigenvalue weighted by Gasteiger charge is 2.24. The van der Waals surface area contributed by atoms with E-state index in [1.807, 2.05) is 18.2 Å². The van der Waals surface area contributed by atoms with Gasteiger partial charge in [-0.1, -0.05) is 12.1 Å². The van der Waals surface area contributed by atoms with Crippen molar-refractivity contribution >= 4 is 54.8 Å². The first-order valence-electron chi connectivity index (χ1n) is 9.87. The Morgan fingerprint density at radius 1 is 1.16 bits per heavy atom. The van der Waals surface area contributed by atoms with E-state index in [2.05, 4.69) is 20.0 Å². The van der Waals surface area contributed by atoms with Crippen LogP contribution in [0.15, 0.2) is 65.3 Å². The minimum Gasteiger partial charge on any atom is -0.384 e. The van der Waals surface area contributed by atoms with Crippen LogP contribution in [-0.4, -0.2) is 42.6 Å². The first kappa shape index (κ1) is 24.5. The van der Waals surface area contributed by atoms with Gasteiger partial charge in [0.05, 0.1) is 26.2 Å². The van der Waals surface area contributed by atoms with Crippen LogP contribution < -0.4 is 10.0 Å². The van der Waals surface area contributed by atoms with Crippen molar-refractivity contribution in [2.24, 2.45) is 0 Å². The lowest BCUT2D eigenvalue weighted by molar-refractivity contribution is 0.0569. The third kappa shape index (κ3) is 5.43. The maximum absolute atomic E-state index is 12.8. The molecule has 32 heavy (non-hydrogen) atoms. The second kappa shape index (κ2) is 9.78. The Balaban J connectivity index is 0.00000289. The van der Waals surface area contributed by atoms with Crippen molar-refractivity contribution in [3.05, 3.63) is 65.9 Å². The topological polar surface area (TPSA) is 104 Å². The highest BCUT2D eigenvalue weighted by molar-refractivity contribution is 7.89. The standard InChI is InChI=1S/C22H24N4O3S2.ClH/c1-15(26-31(28,29)19-5-3-17-12-23-8-7-16(17)9-19)11-24-13-22(2,27)18-4-6-21-20(10-18)25-14-30-21;/h3-10,12,14-15,24,26-27H,11,13H2,1-2H3;1H/t15-,22?;/m1./s1. The summed E-state index contributed by atoms with van der Waals surface area (Å²) >= 11 is 1.56. The van der Waals surface area contributed by atoms with Crippen molar-refractivity contribution in [2.75, 3.05) is 13.1 Å². The van der Waals surface area contributed by atoms with Gasteiger partial charge in [-0.2, -0.15) is 0 Å². The predicted octanol–water partition coefficient (Wildman–Crippen LogP) is 3.43. The average Bonchev–Trinajstić information content (AvgIpc) is 3.21. The number of hydrogen-bond acceptors (Lipinski definition) is 7. The Hall–Kier alpha value is -2.14. The number of aliphatic hydroxyl groups is 1. The SMILES string of the molecule is C[C@H](CNCC(C)(O)c1ccc2scnc2c1)NS(=O)(=O)c1ccc2cnccc2c1.Cl. The summed E-state index contributed by atoms with van der Waals surface area (Å²) in [6, 6.07) is 12.1. The molecule has 170 valence electrons. The summed E-state index contributed by atoms with van der Waals surface area (Å²) < 4.78 is 29.3. The van der Waals surface area contributed by atoms with Crippen molar-refractivity contribution in [3.63, 3.8) is 0 Å². The van der Waals surface area contributed by atoms with Gasteiger partial charge in [0.1, 0.15) is 0 Å². The van der Waals surface area contributed by atoms with Gasteiger partial charge in [0.25, 0.3) is 0 Å². The summed E-state index contributed by atoms with van der Waals surface area (Å²) in [4.78, 5) is 8.55. The largest absolute Gasteiger partial charge is 0.384 e. The summed E-state index contributed by atoms with van der Waals surface area (Å²) in [6.45, 7) is 4.15. The molecular formula is C22H25ClN4O3S2. The molecule has 0 fully saturated rings. The van der Waals surface area contributed by atoms with E-state index in [9.17, 15) is 13.5 Å². The van der Waals surface area contributed by atoms with Crippen LogP contribution in [0.2, 0.25) is 0 Å². The maximum Gasteiger partial charge on any atom is 0.240 e. The van der Waals surface area contributed by atoms with Crippen molar-refractivity contribution in [3.8, 4) is 0 Å². The molecule has 0 amide bonds. The summed E-state index contributed by atoms with van der Waals surface area (Å²) in [5.41, 5.74) is 2.29. The van der Waals surface area contributed by atoms with E-state index in [4.69, 9.17) is 0 Å². The Morgan fingerprint density at radius 3 is 2.78 bits per heavy atom. The average molecular weight is 493 g/mol. The Morgan fingerprint density at radius 2 is 1.97 bits per heavy atom. The molecule has 0 aliphatic carbocycles. The molecule has 7 nitrogen and oxygen atoms in total. The summed E-state index contributed by atoms with van der Waals surface area (Å²) in [6.07, 6.45) is 3.33. The van der Waals surface area contributed by atoms with E-state index in [0.717, 1.165) is 26.6 Å². The van der Waals surface area contributed by atoms with Crippen LogP contribution in [0.5, 0.6) is 0 Å². The number of rotatable bonds is 8. The van der Waals surface area contributed by atoms with E-state index < -0.39 is 15.6 Å². The third-order valence-electron chi connectivity index (χ3n) is 5.15. The minimum atomic E-state index is -3.67. The molecule has 0 radical (unpaired) electrons. The zero-order valence-electron chi connectivity index (χ0n) is 17.6. The van der Waals surface area contributed by atoms with Crippen molar-refractivity contribution in [1.29, 1.82) is 0 Å².